The fraction of sp³-hybridized carbons (Fsp3) is 0.630. The van der Waals surface area contributed by atoms with Crippen LogP contribution in [0, 0.1) is 28.6 Å². The molecule has 0 aromatic carbocycles. The lowest BCUT2D eigenvalue weighted by atomic mass is 9.45. The maximum absolute atomic E-state index is 17.3. The number of ketones is 1. The summed E-state index contributed by atoms with van der Waals surface area (Å²) in [5.41, 5.74) is -4.82. The predicted molar refractivity (Wildman–Crippen MR) is 125 cm³/mol. The van der Waals surface area contributed by atoms with Gasteiger partial charge in [0.15, 0.2) is 11.4 Å². The minimum Gasteiger partial charge on any atom is -0.508 e. The van der Waals surface area contributed by atoms with Crippen LogP contribution in [0.4, 0.5) is 4.39 Å². The number of ether oxygens (including phenoxy) is 1. The molecule has 1 aromatic rings. The molecule has 3 fully saturated rings. The van der Waals surface area contributed by atoms with Crippen molar-refractivity contribution in [1.82, 2.24) is 9.55 Å². The third-order valence-corrected chi connectivity index (χ3v) is 9.96. The number of aliphatic hydroxyl groups is 1. The topological polar surface area (TPSA) is 98.5 Å². The molecule has 0 bridgehead atoms. The first-order valence-corrected chi connectivity index (χ1v) is 12.6. The lowest BCUT2D eigenvalue weighted by molar-refractivity contribution is -0.191. The summed E-state index contributed by atoms with van der Waals surface area (Å²) in [7, 11) is 0. The van der Waals surface area contributed by atoms with E-state index in [0.717, 1.165) is 6.08 Å². The van der Waals surface area contributed by atoms with Crippen molar-refractivity contribution in [2.24, 2.45) is 28.6 Å². The molecule has 5 rings (SSSR count). The number of esters is 1. The predicted octanol–water partition coefficient (Wildman–Crippen LogP) is 4.75. The summed E-state index contributed by atoms with van der Waals surface area (Å²) in [4.78, 5) is 43.9. The third kappa shape index (κ3) is 2.82. The molecule has 0 radical (unpaired) electrons. The molecule has 188 valence electrons. The van der Waals surface area contributed by atoms with Gasteiger partial charge in [-0.1, -0.05) is 20.8 Å². The summed E-state index contributed by atoms with van der Waals surface area (Å²) in [6.07, 6.45) is 9.13. The third-order valence-electron chi connectivity index (χ3n) is 9.96. The largest absolute Gasteiger partial charge is 0.508 e. The summed E-state index contributed by atoms with van der Waals surface area (Å²) < 4.78 is 24.8. The Balaban J connectivity index is 1.62. The molecule has 8 heteroatoms. The highest BCUT2D eigenvalue weighted by Gasteiger charge is 2.76. The molecule has 0 amide bonds. The van der Waals surface area contributed by atoms with Crippen molar-refractivity contribution in [2.75, 3.05) is 0 Å². The molecule has 2 unspecified atom stereocenters. The van der Waals surface area contributed by atoms with Gasteiger partial charge in [0.1, 0.15) is 17.8 Å². The molecule has 1 heterocycles. The van der Waals surface area contributed by atoms with Crippen molar-refractivity contribution in [2.45, 2.75) is 77.5 Å². The number of hydrogen-bond acceptors (Lipinski definition) is 6. The van der Waals surface area contributed by atoms with E-state index in [4.69, 9.17) is 4.74 Å². The Morgan fingerprint density at radius 1 is 1.26 bits per heavy atom. The van der Waals surface area contributed by atoms with E-state index in [2.05, 4.69) is 4.98 Å². The second-order valence-corrected chi connectivity index (χ2v) is 11.2. The van der Waals surface area contributed by atoms with Crippen LogP contribution in [0.2, 0.25) is 0 Å². The molecule has 0 aliphatic heterocycles. The Morgan fingerprint density at radius 3 is 2.66 bits per heavy atom. The summed E-state index contributed by atoms with van der Waals surface area (Å²) in [5, 5.41) is 10.0. The molecule has 7 nitrogen and oxygen atoms in total. The second kappa shape index (κ2) is 7.61. The number of hydrogen-bond donors (Lipinski definition) is 1. The average molecular weight is 485 g/mol. The van der Waals surface area contributed by atoms with E-state index in [1.54, 1.807) is 26.1 Å². The number of nitrogens with zero attached hydrogens (tertiary/aromatic N) is 2. The number of imidazole rings is 1. The van der Waals surface area contributed by atoms with E-state index in [0.29, 0.717) is 24.8 Å². The lowest BCUT2D eigenvalue weighted by Gasteiger charge is -2.61. The summed E-state index contributed by atoms with van der Waals surface area (Å²) in [5.74, 6) is -2.46. The fourth-order valence-corrected chi connectivity index (χ4v) is 8.07. The zero-order chi connectivity index (χ0) is 25.4. The first-order chi connectivity index (χ1) is 16.5. The summed E-state index contributed by atoms with van der Waals surface area (Å²) >= 11 is 0. The highest BCUT2D eigenvalue weighted by atomic mass is 19.1. The Hall–Kier alpha value is -2.77. The first-order valence-electron chi connectivity index (χ1n) is 12.6. The van der Waals surface area contributed by atoms with Crippen LogP contribution in [0.25, 0.3) is 0 Å². The molecule has 4 aliphatic rings. The molecule has 3 saturated carbocycles. The van der Waals surface area contributed by atoms with Crippen molar-refractivity contribution < 1.29 is 28.6 Å². The van der Waals surface area contributed by atoms with E-state index >= 15 is 4.39 Å². The van der Waals surface area contributed by atoms with Gasteiger partial charge in [-0.25, -0.2) is 9.37 Å². The maximum atomic E-state index is 17.3. The molecule has 1 aromatic heterocycles. The Kier molecular flexibility index (Phi) is 5.21. The number of alkyl halides is 1. The number of aromatic nitrogens is 2. The zero-order valence-corrected chi connectivity index (χ0v) is 20.7. The monoisotopic (exact) mass is 484 g/mol. The van der Waals surface area contributed by atoms with Crippen molar-refractivity contribution in [3.8, 4) is 0 Å². The zero-order valence-electron chi connectivity index (χ0n) is 20.7. The van der Waals surface area contributed by atoms with Crippen molar-refractivity contribution in [1.29, 1.82) is 0 Å². The van der Waals surface area contributed by atoms with Gasteiger partial charge in [-0.3, -0.25) is 19.0 Å². The maximum Gasteiger partial charge on any atom is 0.306 e. The van der Waals surface area contributed by atoms with E-state index in [9.17, 15) is 19.5 Å². The van der Waals surface area contributed by atoms with E-state index < -0.39 is 39.8 Å². The Morgan fingerprint density at radius 2 is 2.00 bits per heavy atom. The number of allylic oxidation sites excluding steroid dienone is 3. The highest BCUT2D eigenvalue weighted by molar-refractivity contribution is 6.00. The van der Waals surface area contributed by atoms with E-state index in [1.807, 2.05) is 13.8 Å². The molecule has 0 spiro atoms. The Bertz CT molecular complexity index is 1160. The average Bonchev–Trinajstić information content (AvgIpc) is 3.42. The Labute approximate surface area is 204 Å². The minimum absolute atomic E-state index is 0.0637. The van der Waals surface area contributed by atoms with Crippen LogP contribution >= 0.6 is 0 Å². The minimum atomic E-state index is -1.82. The van der Waals surface area contributed by atoms with Gasteiger partial charge in [0.05, 0.1) is 5.41 Å². The van der Waals surface area contributed by atoms with Gasteiger partial charge in [-0.15, -0.1) is 0 Å². The molecule has 4 aliphatic carbocycles. The van der Waals surface area contributed by atoms with Gasteiger partial charge >= 0.3 is 5.97 Å². The number of rotatable bonds is 3. The number of carbonyl (C=O) groups is 3. The number of aliphatic hydroxyl groups excluding tert-OH is 1. The number of halogens is 1. The van der Waals surface area contributed by atoms with E-state index in [1.165, 1.54) is 17.1 Å². The van der Waals surface area contributed by atoms with Gasteiger partial charge in [0.2, 0.25) is 0 Å². The normalized spacial score (nSPS) is 42.3. The smallest absolute Gasteiger partial charge is 0.306 e. The quantitative estimate of drug-likeness (QED) is 0.622. The fourth-order valence-electron chi connectivity index (χ4n) is 8.07. The van der Waals surface area contributed by atoms with Crippen LogP contribution in [0.3, 0.4) is 0 Å². The van der Waals surface area contributed by atoms with E-state index in [-0.39, 0.29) is 42.8 Å². The van der Waals surface area contributed by atoms with Crippen molar-refractivity contribution >= 4 is 17.7 Å². The SMILES string of the molecule is CCC(=O)O[C@]1(C(=O)n2ccnc2)[C@@H](C)CC2C3CCC4=CC(O)=CC(=O)[C@]4(C)[C@@]3(F)CC[C@@]21C. The molecule has 7 atom stereocenters. The standard InChI is InChI=1S/C27H33FN2O5/c1-5-22(33)35-27(23(34)30-11-10-29-15-30)16(2)12-20-19-7-6-17-13-18(31)14-21(32)25(17,4)26(19,28)9-8-24(20,27)3/h10-11,13-16,19-20,31H,5-9,12H2,1-4H3/t16-,19?,20?,24-,25+,26+,27-/m0/s1. The van der Waals surface area contributed by atoms with Crippen LogP contribution in [0.1, 0.15) is 71.0 Å². The van der Waals surface area contributed by atoms with Crippen LogP contribution in [0.15, 0.2) is 42.2 Å². The molecule has 1 N–H and O–H groups in total. The molecular weight excluding hydrogens is 451 g/mol. The summed E-state index contributed by atoms with van der Waals surface area (Å²) in [6.45, 7) is 7.22. The lowest BCUT2D eigenvalue weighted by Crippen LogP contribution is -2.66. The van der Waals surface area contributed by atoms with Crippen molar-refractivity contribution in [3.63, 3.8) is 0 Å². The molecular formula is C27H33FN2O5. The van der Waals surface area contributed by atoms with Gasteiger partial charge in [-0.05, 0) is 62.5 Å². The molecule has 0 saturated heterocycles. The second-order valence-electron chi connectivity index (χ2n) is 11.2. The molecule has 35 heavy (non-hydrogen) atoms. The van der Waals surface area contributed by atoms with Crippen LogP contribution in [-0.2, 0) is 14.3 Å². The van der Waals surface area contributed by atoms with Crippen LogP contribution in [-0.4, -0.2) is 43.6 Å². The number of fused-ring (bicyclic) bond motifs is 5. The first kappa shape index (κ1) is 23.9. The number of carbonyl (C=O) groups excluding carboxylic acids is 3. The van der Waals surface area contributed by atoms with Gasteiger partial charge in [0, 0.05) is 36.2 Å². The van der Waals surface area contributed by atoms with Crippen LogP contribution < -0.4 is 0 Å². The highest BCUT2D eigenvalue weighted by Crippen LogP contribution is 2.71. The summed E-state index contributed by atoms with van der Waals surface area (Å²) in [6, 6.07) is 0. The van der Waals surface area contributed by atoms with Crippen LogP contribution in [0.5, 0.6) is 0 Å². The van der Waals surface area contributed by atoms with Gasteiger partial charge in [0.25, 0.3) is 5.91 Å². The van der Waals surface area contributed by atoms with Gasteiger partial charge in [-0.2, -0.15) is 0 Å². The van der Waals surface area contributed by atoms with Gasteiger partial charge < -0.3 is 9.84 Å². The van der Waals surface area contributed by atoms with Crippen molar-refractivity contribution in [3.05, 3.63) is 42.2 Å².